The quantitative estimate of drug-likeness (QED) is 0.178. The Hall–Kier alpha value is -2.43. The number of nitrogens with one attached hydrogen (secondary N) is 1. The van der Waals surface area contributed by atoms with Crippen molar-refractivity contribution in [2.45, 2.75) is 35.2 Å². The molecule has 1 N–H and O–H groups in total. The number of amides is 2. The standard InChI is InChI=1S/C21H17IN2O6S2/c1-14-13-17(24(27)28)9-6-15(14)5-3-2-4-12-21(19(25)23-20(26)31-21)32(29,30)18-10-7-16(22)8-11-18/h6-11,13H,2,4,12H2,1H3,(H,23,25,26). The number of benzene rings is 2. The van der Waals surface area contributed by atoms with Crippen LogP contribution in [0.3, 0.4) is 0 Å². The highest BCUT2D eigenvalue weighted by molar-refractivity contribution is 14.1. The molecule has 1 atom stereocenters. The van der Waals surface area contributed by atoms with Crippen LogP contribution in [0.15, 0.2) is 47.4 Å². The topological polar surface area (TPSA) is 123 Å². The summed E-state index contributed by atoms with van der Waals surface area (Å²) >= 11 is 2.53. The number of hydrogen-bond acceptors (Lipinski definition) is 7. The van der Waals surface area contributed by atoms with Gasteiger partial charge in [-0.3, -0.25) is 25.0 Å². The highest BCUT2D eigenvalue weighted by Gasteiger charge is 2.57. The second-order valence-electron chi connectivity index (χ2n) is 6.97. The first-order valence-corrected chi connectivity index (χ1v) is 12.7. The molecule has 0 aromatic heterocycles. The van der Waals surface area contributed by atoms with Gasteiger partial charge in [0.05, 0.1) is 9.82 Å². The number of non-ortho nitro benzene ring substituents is 1. The molecule has 3 rings (SSSR count). The Balaban J connectivity index is 1.78. The number of carbonyl (C=O) groups is 2. The van der Waals surface area contributed by atoms with Crippen LogP contribution >= 0.6 is 34.4 Å². The first-order chi connectivity index (χ1) is 15.1. The second-order valence-corrected chi connectivity index (χ2v) is 11.9. The molecule has 1 fully saturated rings. The van der Waals surface area contributed by atoms with Crippen LogP contribution in [-0.4, -0.2) is 28.6 Å². The van der Waals surface area contributed by atoms with Gasteiger partial charge in [-0.05, 0) is 90.0 Å². The molecular formula is C21H17IN2O6S2. The summed E-state index contributed by atoms with van der Waals surface area (Å²) in [7, 11) is -4.14. The third kappa shape index (κ3) is 4.82. The van der Waals surface area contributed by atoms with Gasteiger partial charge in [-0.2, -0.15) is 0 Å². The van der Waals surface area contributed by atoms with Crippen LogP contribution in [0.4, 0.5) is 10.5 Å². The summed E-state index contributed by atoms with van der Waals surface area (Å²) in [5, 5.41) is 12.2. The van der Waals surface area contributed by atoms with Crippen molar-refractivity contribution in [2.24, 2.45) is 0 Å². The smallest absolute Gasteiger partial charge is 0.285 e. The molecule has 2 amide bonds. The van der Waals surface area contributed by atoms with Crippen LogP contribution in [0.25, 0.3) is 0 Å². The highest BCUT2D eigenvalue weighted by Crippen LogP contribution is 2.44. The maximum atomic E-state index is 13.3. The molecule has 11 heteroatoms. The number of thioether (sulfide) groups is 1. The highest BCUT2D eigenvalue weighted by atomic mass is 127. The number of nitro groups is 1. The van der Waals surface area contributed by atoms with Gasteiger partial charge in [0.15, 0.2) is 0 Å². The second kappa shape index (κ2) is 9.60. The van der Waals surface area contributed by atoms with Crippen molar-refractivity contribution in [3.8, 4) is 11.8 Å². The zero-order valence-corrected chi connectivity index (χ0v) is 20.5. The van der Waals surface area contributed by atoms with E-state index < -0.39 is 30.0 Å². The zero-order chi connectivity index (χ0) is 23.5. The van der Waals surface area contributed by atoms with E-state index in [1.165, 1.54) is 24.3 Å². The fourth-order valence-electron chi connectivity index (χ4n) is 3.16. The van der Waals surface area contributed by atoms with Crippen molar-refractivity contribution in [1.82, 2.24) is 5.32 Å². The Morgan fingerprint density at radius 1 is 1.19 bits per heavy atom. The number of nitro benzene ring substituents is 1. The summed E-state index contributed by atoms with van der Waals surface area (Å²) in [4.78, 5) is 34.8. The summed E-state index contributed by atoms with van der Waals surface area (Å²) < 4.78 is 25.5. The molecule has 0 saturated carbocycles. The number of imide groups is 1. The van der Waals surface area contributed by atoms with E-state index in [1.54, 1.807) is 25.1 Å². The number of hydrogen-bond donors (Lipinski definition) is 1. The van der Waals surface area contributed by atoms with Crippen molar-refractivity contribution < 1.29 is 22.9 Å². The normalized spacial score (nSPS) is 18.1. The molecule has 166 valence electrons. The van der Waals surface area contributed by atoms with Crippen LogP contribution in [0.2, 0.25) is 0 Å². The van der Waals surface area contributed by atoms with Gasteiger partial charge in [-0.15, -0.1) is 0 Å². The molecule has 32 heavy (non-hydrogen) atoms. The molecular weight excluding hydrogens is 567 g/mol. The van der Waals surface area contributed by atoms with Gasteiger partial charge < -0.3 is 0 Å². The third-order valence-electron chi connectivity index (χ3n) is 4.83. The van der Waals surface area contributed by atoms with Crippen molar-refractivity contribution >= 4 is 61.0 Å². The summed E-state index contributed by atoms with van der Waals surface area (Å²) in [6.07, 6.45) is 0.455. The van der Waals surface area contributed by atoms with Crippen LogP contribution in [0.5, 0.6) is 0 Å². The van der Waals surface area contributed by atoms with E-state index in [9.17, 15) is 28.1 Å². The summed E-state index contributed by atoms with van der Waals surface area (Å²) in [6.45, 7) is 1.71. The number of halogens is 1. The molecule has 0 bridgehead atoms. The molecule has 0 aliphatic carbocycles. The summed E-state index contributed by atoms with van der Waals surface area (Å²) in [6, 6.07) is 10.4. The van der Waals surface area contributed by atoms with E-state index in [0.717, 1.165) is 3.57 Å². The lowest BCUT2D eigenvalue weighted by molar-refractivity contribution is -0.384. The van der Waals surface area contributed by atoms with Crippen LogP contribution in [0, 0.1) is 32.4 Å². The fourth-order valence-corrected chi connectivity index (χ4v) is 6.89. The minimum absolute atomic E-state index is 0.0234. The predicted octanol–water partition coefficient (Wildman–Crippen LogP) is 4.18. The molecule has 0 radical (unpaired) electrons. The molecule has 1 aliphatic heterocycles. The largest absolute Gasteiger partial charge is 0.287 e. The van der Waals surface area contributed by atoms with E-state index in [1.807, 2.05) is 22.6 Å². The van der Waals surface area contributed by atoms with Crippen LogP contribution < -0.4 is 5.32 Å². The molecule has 1 aliphatic rings. The summed E-state index contributed by atoms with van der Waals surface area (Å²) in [5.41, 5.74) is 1.26. The Morgan fingerprint density at radius 2 is 1.88 bits per heavy atom. The third-order valence-corrected chi connectivity index (χ3v) is 9.61. The van der Waals surface area contributed by atoms with E-state index in [4.69, 9.17) is 0 Å². The summed E-state index contributed by atoms with van der Waals surface area (Å²) in [5.74, 6) is 4.99. The number of sulfone groups is 1. The number of unbranched alkanes of at least 4 members (excludes halogenated alkanes) is 1. The first kappa shape index (κ1) is 24.2. The predicted molar refractivity (Wildman–Crippen MR) is 129 cm³/mol. The Labute approximate surface area is 202 Å². The van der Waals surface area contributed by atoms with Gasteiger partial charge in [0.25, 0.3) is 16.8 Å². The maximum Gasteiger partial charge on any atom is 0.287 e. The van der Waals surface area contributed by atoms with Gasteiger partial charge in [-0.25, -0.2) is 8.42 Å². The van der Waals surface area contributed by atoms with E-state index in [0.29, 0.717) is 22.9 Å². The SMILES string of the molecule is Cc1cc([N+](=O)[O-])ccc1C#CCCCC1(S(=O)(=O)c2ccc(I)cc2)SC(=O)NC1=O. The fraction of sp³-hybridized carbons (Fsp3) is 0.238. The monoisotopic (exact) mass is 584 g/mol. The van der Waals surface area contributed by atoms with E-state index in [2.05, 4.69) is 17.2 Å². The molecule has 1 heterocycles. The number of rotatable bonds is 6. The average Bonchev–Trinajstić information content (AvgIpc) is 3.03. The van der Waals surface area contributed by atoms with E-state index >= 15 is 0 Å². The number of aryl methyl sites for hydroxylation is 1. The molecule has 2 aromatic rings. The van der Waals surface area contributed by atoms with Crippen molar-refractivity contribution in [1.29, 1.82) is 0 Å². The molecule has 1 unspecified atom stereocenters. The molecule has 1 saturated heterocycles. The minimum Gasteiger partial charge on any atom is -0.285 e. The first-order valence-electron chi connectivity index (χ1n) is 9.35. The lowest BCUT2D eigenvalue weighted by Gasteiger charge is -2.24. The van der Waals surface area contributed by atoms with Gasteiger partial charge in [0.2, 0.25) is 13.9 Å². The van der Waals surface area contributed by atoms with Gasteiger partial charge in [-0.1, -0.05) is 11.8 Å². The molecule has 0 spiro atoms. The van der Waals surface area contributed by atoms with Crippen molar-refractivity contribution in [3.63, 3.8) is 0 Å². The Kier molecular flexibility index (Phi) is 7.26. The molecule has 8 nitrogen and oxygen atoms in total. The van der Waals surface area contributed by atoms with Gasteiger partial charge in [0, 0.05) is 27.7 Å². The maximum absolute atomic E-state index is 13.3. The number of nitrogens with zero attached hydrogens (tertiary/aromatic N) is 1. The zero-order valence-electron chi connectivity index (χ0n) is 16.8. The van der Waals surface area contributed by atoms with E-state index in [-0.39, 0.29) is 29.8 Å². The van der Waals surface area contributed by atoms with Crippen LogP contribution in [-0.2, 0) is 14.6 Å². The number of carbonyl (C=O) groups excluding carboxylic acids is 2. The van der Waals surface area contributed by atoms with Gasteiger partial charge >= 0.3 is 0 Å². The van der Waals surface area contributed by atoms with Crippen molar-refractivity contribution in [2.75, 3.05) is 0 Å². The molecule has 2 aromatic carbocycles. The lowest BCUT2D eigenvalue weighted by Crippen LogP contribution is -2.43. The van der Waals surface area contributed by atoms with Crippen molar-refractivity contribution in [3.05, 3.63) is 67.3 Å². The van der Waals surface area contributed by atoms with Crippen LogP contribution in [0.1, 0.15) is 30.4 Å². The lowest BCUT2D eigenvalue weighted by atomic mass is 10.1. The Morgan fingerprint density at radius 3 is 2.44 bits per heavy atom. The minimum atomic E-state index is -4.14. The average molecular weight is 584 g/mol. The Bertz CT molecular complexity index is 1270. The van der Waals surface area contributed by atoms with Gasteiger partial charge in [0.1, 0.15) is 0 Å².